The molecule has 0 bridgehead atoms. The van der Waals surface area contributed by atoms with Gasteiger partial charge in [-0.3, -0.25) is 14.4 Å². The lowest BCUT2D eigenvalue weighted by molar-refractivity contribution is -0.166. The van der Waals surface area contributed by atoms with E-state index in [2.05, 4.69) is 12.7 Å². The van der Waals surface area contributed by atoms with Gasteiger partial charge in [-0.2, -0.15) is 0 Å². The van der Waals surface area contributed by atoms with Gasteiger partial charge in [0.15, 0.2) is 5.41 Å². The molecule has 0 spiro atoms. The molecule has 0 aromatic carbocycles. The largest absolute Gasteiger partial charge is 0.468 e. The van der Waals surface area contributed by atoms with Crippen LogP contribution in [0.5, 0.6) is 0 Å². The van der Waals surface area contributed by atoms with Gasteiger partial charge in [0.2, 0.25) is 0 Å². The summed E-state index contributed by atoms with van der Waals surface area (Å²) in [6.45, 7) is 3.53. The Labute approximate surface area is 179 Å². The van der Waals surface area contributed by atoms with Gasteiger partial charge in [0.1, 0.15) is 5.60 Å². The van der Waals surface area contributed by atoms with Crippen molar-refractivity contribution < 1.29 is 28.6 Å². The zero-order valence-electron chi connectivity index (χ0n) is 18.7. The average Bonchev–Trinajstić information content (AvgIpc) is 2.75. The molecule has 2 rings (SSSR count). The van der Waals surface area contributed by atoms with Crippen LogP contribution in [0, 0.1) is 5.41 Å². The number of ether oxygens (including phenoxy) is 3. The monoisotopic (exact) mass is 418 g/mol. The number of esters is 3. The molecule has 1 saturated carbocycles. The Morgan fingerprint density at radius 2 is 1.70 bits per heavy atom. The van der Waals surface area contributed by atoms with E-state index in [1.165, 1.54) is 21.1 Å². The van der Waals surface area contributed by atoms with Crippen molar-refractivity contribution in [1.29, 1.82) is 0 Å². The Bertz CT molecular complexity index is 732. The van der Waals surface area contributed by atoms with Crippen molar-refractivity contribution in [2.75, 3.05) is 14.2 Å². The second-order valence-electron chi connectivity index (χ2n) is 8.13. The highest BCUT2D eigenvalue weighted by atomic mass is 16.6. The van der Waals surface area contributed by atoms with Crippen LogP contribution in [0.2, 0.25) is 0 Å². The van der Waals surface area contributed by atoms with Gasteiger partial charge in [0.25, 0.3) is 0 Å². The molecule has 6 nitrogen and oxygen atoms in total. The molecular weight excluding hydrogens is 384 g/mol. The lowest BCUT2D eigenvalue weighted by Gasteiger charge is -2.42. The number of hydrogen-bond acceptors (Lipinski definition) is 6. The molecule has 0 radical (unpaired) electrons. The minimum absolute atomic E-state index is 0.232. The number of rotatable bonds is 7. The van der Waals surface area contributed by atoms with Crippen molar-refractivity contribution in [3.63, 3.8) is 0 Å². The Hall–Kier alpha value is -2.33. The first-order valence-electron chi connectivity index (χ1n) is 10.9. The third-order valence-corrected chi connectivity index (χ3v) is 6.05. The summed E-state index contributed by atoms with van der Waals surface area (Å²) >= 11 is 0. The fourth-order valence-corrected chi connectivity index (χ4v) is 4.51. The van der Waals surface area contributed by atoms with E-state index in [0.29, 0.717) is 24.8 Å². The molecule has 0 aliphatic heterocycles. The van der Waals surface area contributed by atoms with Crippen LogP contribution < -0.4 is 0 Å². The lowest BCUT2D eigenvalue weighted by Crippen LogP contribution is -2.46. The highest BCUT2D eigenvalue weighted by molar-refractivity contribution is 6.03. The summed E-state index contributed by atoms with van der Waals surface area (Å²) in [6.07, 6.45) is 11.5. The average molecular weight is 419 g/mol. The lowest BCUT2D eigenvalue weighted by atomic mass is 9.67. The van der Waals surface area contributed by atoms with E-state index < -0.39 is 23.0 Å². The smallest absolute Gasteiger partial charge is 0.327 e. The highest BCUT2D eigenvalue weighted by Gasteiger charge is 2.52. The van der Waals surface area contributed by atoms with Gasteiger partial charge < -0.3 is 14.2 Å². The molecule has 0 unspecified atom stereocenters. The summed E-state index contributed by atoms with van der Waals surface area (Å²) in [5, 5.41) is 0. The molecule has 2 aliphatic carbocycles. The summed E-state index contributed by atoms with van der Waals surface area (Å²) < 4.78 is 15.9. The van der Waals surface area contributed by atoms with Crippen molar-refractivity contribution >= 4 is 17.9 Å². The Kier molecular flexibility index (Phi) is 8.48. The zero-order valence-corrected chi connectivity index (χ0v) is 18.7. The van der Waals surface area contributed by atoms with Gasteiger partial charge in [-0.1, -0.05) is 19.8 Å². The molecule has 6 heteroatoms. The number of hydrogen-bond donors (Lipinski definition) is 0. The van der Waals surface area contributed by atoms with Crippen LogP contribution in [-0.2, 0) is 28.6 Å². The fraction of sp³-hybridized carbons (Fsp3) is 0.667. The van der Waals surface area contributed by atoms with Crippen LogP contribution >= 0.6 is 0 Å². The van der Waals surface area contributed by atoms with Gasteiger partial charge in [-0.25, -0.2) is 0 Å². The third-order valence-electron chi connectivity index (χ3n) is 6.05. The van der Waals surface area contributed by atoms with Crippen molar-refractivity contribution in [1.82, 2.24) is 0 Å². The minimum Gasteiger partial charge on any atom is -0.468 e. The number of unbranched alkanes of at least 4 members (excludes halogenated alkanes) is 2. The van der Waals surface area contributed by atoms with E-state index in [1.807, 2.05) is 6.08 Å². The number of carbonyl (C=O) groups is 3. The topological polar surface area (TPSA) is 78.9 Å². The molecule has 0 aromatic heterocycles. The standard InChI is InChI=1S/C24H34O6/c1-5-6-7-9-12-19-13-16-23(21(26)28-3,22(27)29-4)17-20(19)24(30-18(2)25)14-10-8-11-15-24/h9,17H,5-8,10-11,13-16H2,1-4H3. The maximum absolute atomic E-state index is 12.7. The second-order valence-corrected chi connectivity index (χ2v) is 8.13. The van der Waals surface area contributed by atoms with Crippen LogP contribution in [0.25, 0.3) is 0 Å². The Morgan fingerprint density at radius 3 is 2.23 bits per heavy atom. The predicted molar refractivity (Wildman–Crippen MR) is 112 cm³/mol. The van der Waals surface area contributed by atoms with Gasteiger partial charge in [0.05, 0.1) is 14.2 Å². The van der Waals surface area contributed by atoms with Gasteiger partial charge in [0, 0.05) is 18.1 Å². The first-order chi connectivity index (χ1) is 14.3. The van der Waals surface area contributed by atoms with Crippen LogP contribution in [0.4, 0.5) is 0 Å². The van der Waals surface area contributed by atoms with Crippen molar-refractivity contribution in [3.05, 3.63) is 29.0 Å². The highest BCUT2D eigenvalue weighted by Crippen LogP contribution is 2.48. The van der Waals surface area contributed by atoms with Crippen LogP contribution in [0.15, 0.2) is 29.0 Å². The summed E-state index contributed by atoms with van der Waals surface area (Å²) in [6, 6.07) is 0. The minimum atomic E-state index is -1.54. The molecule has 0 amide bonds. The summed E-state index contributed by atoms with van der Waals surface area (Å²) in [5.74, 6) is -1.69. The third kappa shape index (κ3) is 5.04. The first-order valence-corrected chi connectivity index (χ1v) is 10.9. The molecule has 0 N–H and O–H groups in total. The SMILES string of the molecule is CCCCC=C=C1CCC(C(=O)OC)(C(=O)OC)C=C1C1(OC(C)=O)CCCCC1. The second kappa shape index (κ2) is 10.6. The number of carbonyl (C=O) groups excluding carboxylic acids is 3. The summed E-state index contributed by atoms with van der Waals surface area (Å²) in [5.41, 5.74) is 2.56. The Morgan fingerprint density at radius 1 is 1.07 bits per heavy atom. The molecule has 0 saturated heterocycles. The molecule has 166 valence electrons. The van der Waals surface area contributed by atoms with E-state index >= 15 is 0 Å². The normalized spacial score (nSPS) is 19.7. The summed E-state index contributed by atoms with van der Waals surface area (Å²) in [7, 11) is 2.53. The maximum Gasteiger partial charge on any atom is 0.327 e. The zero-order chi connectivity index (χ0) is 22.2. The molecule has 2 aliphatic rings. The Balaban J connectivity index is 2.68. The van der Waals surface area contributed by atoms with E-state index in [1.54, 1.807) is 6.08 Å². The van der Waals surface area contributed by atoms with E-state index in [-0.39, 0.29) is 12.4 Å². The predicted octanol–water partition coefficient (Wildman–Crippen LogP) is 4.58. The molecule has 1 fully saturated rings. The molecule has 0 aromatic rings. The van der Waals surface area contributed by atoms with Crippen LogP contribution in [0.1, 0.15) is 78.1 Å². The van der Waals surface area contributed by atoms with Gasteiger partial charge >= 0.3 is 17.9 Å². The van der Waals surface area contributed by atoms with E-state index in [4.69, 9.17) is 14.2 Å². The fourth-order valence-electron chi connectivity index (χ4n) is 4.51. The van der Waals surface area contributed by atoms with Gasteiger partial charge in [-0.15, -0.1) is 5.73 Å². The quantitative estimate of drug-likeness (QED) is 0.198. The number of methoxy groups -OCH3 is 2. The van der Waals surface area contributed by atoms with Crippen molar-refractivity contribution in [3.8, 4) is 0 Å². The van der Waals surface area contributed by atoms with E-state index in [9.17, 15) is 14.4 Å². The van der Waals surface area contributed by atoms with E-state index in [0.717, 1.165) is 44.1 Å². The molecular formula is C24H34O6. The van der Waals surface area contributed by atoms with Gasteiger partial charge in [-0.05, 0) is 63.5 Å². The molecule has 0 atom stereocenters. The maximum atomic E-state index is 12.7. The first kappa shape index (κ1) is 23.9. The van der Waals surface area contributed by atoms with Crippen LogP contribution in [-0.4, -0.2) is 37.7 Å². The molecule has 0 heterocycles. The molecule has 30 heavy (non-hydrogen) atoms. The van der Waals surface area contributed by atoms with Crippen molar-refractivity contribution in [2.24, 2.45) is 5.41 Å². The van der Waals surface area contributed by atoms with Crippen LogP contribution in [0.3, 0.4) is 0 Å². The van der Waals surface area contributed by atoms with Crippen molar-refractivity contribution in [2.45, 2.75) is 83.7 Å². The summed E-state index contributed by atoms with van der Waals surface area (Å²) in [4.78, 5) is 37.5.